The summed E-state index contributed by atoms with van der Waals surface area (Å²) in [6.07, 6.45) is 3.65. The number of ether oxygens (including phenoxy) is 2. The van der Waals surface area contributed by atoms with Crippen LogP contribution in [0.1, 0.15) is 46.5 Å². The van der Waals surface area contributed by atoms with Gasteiger partial charge in [-0.2, -0.15) is 0 Å². The fourth-order valence-electron chi connectivity index (χ4n) is 2.90. The predicted molar refractivity (Wildman–Crippen MR) is 85.9 cm³/mol. The molecule has 1 rings (SSSR count). The second-order valence-electron chi connectivity index (χ2n) is 7.01. The maximum Gasteiger partial charge on any atom is 0.407 e. The third-order valence-electron chi connectivity index (χ3n) is 3.86. The Morgan fingerprint density at radius 1 is 1.36 bits per heavy atom. The van der Waals surface area contributed by atoms with Gasteiger partial charge in [-0.25, -0.2) is 4.79 Å². The Hall–Kier alpha value is -0.850. The van der Waals surface area contributed by atoms with Crippen LogP contribution in [0, 0.1) is 5.92 Å². The first-order chi connectivity index (χ1) is 10.4. The fourth-order valence-corrected chi connectivity index (χ4v) is 2.90. The van der Waals surface area contributed by atoms with Crippen LogP contribution in [-0.4, -0.2) is 55.8 Å². The van der Waals surface area contributed by atoms with Crippen LogP contribution in [0.15, 0.2) is 0 Å². The van der Waals surface area contributed by atoms with Crippen molar-refractivity contribution < 1.29 is 19.4 Å². The maximum atomic E-state index is 11.7. The van der Waals surface area contributed by atoms with E-state index in [0.717, 1.165) is 19.3 Å². The Morgan fingerprint density at radius 2 is 2.09 bits per heavy atom. The van der Waals surface area contributed by atoms with E-state index in [1.54, 1.807) is 7.11 Å². The molecule has 0 radical (unpaired) electrons. The van der Waals surface area contributed by atoms with Crippen LogP contribution in [-0.2, 0) is 9.47 Å². The third kappa shape index (κ3) is 7.42. The van der Waals surface area contributed by atoms with Crippen LogP contribution in [0.4, 0.5) is 4.79 Å². The predicted octanol–water partition coefficient (Wildman–Crippen LogP) is 1.67. The molecule has 0 aromatic rings. The third-order valence-corrected chi connectivity index (χ3v) is 3.86. The van der Waals surface area contributed by atoms with Crippen molar-refractivity contribution in [3.05, 3.63) is 0 Å². The Bertz CT molecular complexity index is 325. The fraction of sp³-hybridized carbons (Fsp3) is 0.938. The van der Waals surface area contributed by atoms with Gasteiger partial charge < -0.3 is 25.2 Å². The minimum absolute atomic E-state index is 0.147. The zero-order chi connectivity index (χ0) is 16.6. The van der Waals surface area contributed by atoms with Crippen molar-refractivity contribution in [3.8, 4) is 0 Å². The molecular formula is C16H32N2O4. The molecule has 3 unspecified atom stereocenters. The van der Waals surface area contributed by atoms with Crippen molar-refractivity contribution in [1.29, 1.82) is 0 Å². The molecule has 1 aliphatic carbocycles. The number of hydrogen-bond donors (Lipinski definition) is 3. The van der Waals surface area contributed by atoms with Crippen LogP contribution < -0.4 is 10.6 Å². The summed E-state index contributed by atoms with van der Waals surface area (Å²) in [4.78, 5) is 11.7. The van der Waals surface area contributed by atoms with Gasteiger partial charge in [-0.05, 0) is 46.0 Å². The number of carbonyl (C=O) groups excluding carboxylic acids is 1. The van der Waals surface area contributed by atoms with Gasteiger partial charge in [-0.1, -0.05) is 6.42 Å². The molecule has 1 aliphatic rings. The first kappa shape index (κ1) is 19.2. The normalized spacial score (nSPS) is 23.3. The Labute approximate surface area is 133 Å². The summed E-state index contributed by atoms with van der Waals surface area (Å²) in [7, 11) is 1.67. The van der Waals surface area contributed by atoms with Crippen LogP contribution >= 0.6 is 0 Å². The van der Waals surface area contributed by atoms with Gasteiger partial charge in [0.1, 0.15) is 5.60 Å². The molecule has 0 aliphatic heterocycles. The monoisotopic (exact) mass is 316 g/mol. The molecule has 0 heterocycles. The summed E-state index contributed by atoms with van der Waals surface area (Å²) in [6, 6.07) is 0.503. The van der Waals surface area contributed by atoms with Crippen LogP contribution in [0.3, 0.4) is 0 Å². The van der Waals surface area contributed by atoms with Gasteiger partial charge in [0, 0.05) is 32.3 Å². The minimum Gasteiger partial charge on any atom is -0.444 e. The second kappa shape index (κ2) is 9.33. The number of hydrogen-bond acceptors (Lipinski definition) is 5. The highest BCUT2D eigenvalue weighted by atomic mass is 16.6. The van der Waals surface area contributed by atoms with E-state index in [4.69, 9.17) is 14.6 Å². The molecule has 3 atom stereocenters. The topological polar surface area (TPSA) is 79.8 Å². The van der Waals surface area contributed by atoms with Gasteiger partial charge in [0.05, 0.1) is 6.61 Å². The van der Waals surface area contributed by atoms with Gasteiger partial charge in [0.25, 0.3) is 0 Å². The first-order valence-electron chi connectivity index (χ1n) is 8.18. The Kier molecular flexibility index (Phi) is 8.14. The van der Waals surface area contributed by atoms with E-state index in [0.29, 0.717) is 31.5 Å². The lowest BCUT2D eigenvalue weighted by molar-refractivity contribution is 0.0516. The highest BCUT2D eigenvalue weighted by Crippen LogP contribution is 2.26. The summed E-state index contributed by atoms with van der Waals surface area (Å²) in [6.45, 7) is 6.92. The minimum atomic E-state index is -0.470. The maximum absolute atomic E-state index is 11.7. The quantitative estimate of drug-likeness (QED) is 0.635. The van der Waals surface area contributed by atoms with E-state index in [1.807, 2.05) is 20.8 Å². The highest BCUT2D eigenvalue weighted by Gasteiger charge is 2.29. The first-order valence-corrected chi connectivity index (χ1v) is 8.18. The van der Waals surface area contributed by atoms with Crippen molar-refractivity contribution in [2.24, 2.45) is 5.92 Å². The summed E-state index contributed by atoms with van der Waals surface area (Å²) < 4.78 is 10.5. The van der Waals surface area contributed by atoms with E-state index < -0.39 is 5.60 Å². The SMILES string of the molecule is COCC(CCO)NC1CCCC1CNC(=O)OC(C)(C)C. The number of carbonyl (C=O) groups is 1. The molecule has 0 aromatic heterocycles. The summed E-state index contributed by atoms with van der Waals surface area (Å²) in [5.74, 6) is 0.394. The van der Waals surface area contributed by atoms with Crippen molar-refractivity contribution in [3.63, 3.8) is 0 Å². The van der Waals surface area contributed by atoms with E-state index in [1.165, 1.54) is 0 Å². The molecule has 1 saturated carbocycles. The molecule has 22 heavy (non-hydrogen) atoms. The number of alkyl carbamates (subject to hydrolysis) is 1. The molecule has 0 aromatic carbocycles. The van der Waals surface area contributed by atoms with Crippen LogP contribution in [0.2, 0.25) is 0 Å². The van der Waals surface area contributed by atoms with Gasteiger partial charge >= 0.3 is 6.09 Å². The molecule has 1 amide bonds. The number of nitrogens with one attached hydrogen (secondary N) is 2. The molecule has 0 saturated heterocycles. The van der Waals surface area contributed by atoms with Crippen LogP contribution in [0.5, 0.6) is 0 Å². The van der Waals surface area contributed by atoms with E-state index >= 15 is 0 Å². The molecular weight excluding hydrogens is 284 g/mol. The number of rotatable bonds is 8. The van der Waals surface area contributed by atoms with Gasteiger partial charge in [0.2, 0.25) is 0 Å². The molecule has 6 nitrogen and oxygen atoms in total. The van der Waals surface area contributed by atoms with Gasteiger partial charge in [0.15, 0.2) is 0 Å². The standard InChI is InChI=1S/C16H32N2O4/c1-16(2,3)22-15(20)17-10-12-6-5-7-14(12)18-13(8-9-19)11-21-4/h12-14,18-19H,5-11H2,1-4H3,(H,17,20). The van der Waals surface area contributed by atoms with Crippen molar-refractivity contribution in [2.45, 2.75) is 64.1 Å². The van der Waals surface area contributed by atoms with Crippen molar-refractivity contribution in [1.82, 2.24) is 10.6 Å². The van der Waals surface area contributed by atoms with E-state index in [2.05, 4.69) is 10.6 Å². The number of aliphatic hydroxyl groups excluding tert-OH is 1. The zero-order valence-corrected chi connectivity index (χ0v) is 14.4. The lowest BCUT2D eigenvalue weighted by atomic mass is 10.0. The second-order valence-corrected chi connectivity index (χ2v) is 7.01. The number of aliphatic hydroxyl groups is 1. The van der Waals surface area contributed by atoms with Crippen molar-refractivity contribution in [2.75, 3.05) is 26.9 Å². The van der Waals surface area contributed by atoms with Crippen molar-refractivity contribution >= 4 is 6.09 Å². The van der Waals surface area contributed by atoms with Crippen LogP contribution in [0.25, 0.3) is 0 Å². The molecule has 0 spiro atoms. The average molecular weight is 316 g/mol. The Morgan fingerprint density at radius 3 is 2.68 bits per heavy atom. The van der Waals surface area contributed by atoms with E-state index in [-0.39, 0.29) is 18.7 Å². The molecule has 6 heteroatoms. The summed E-state index contributed by atoms with van der Waals surface area (Å²) in [5.41, 5.74) is -0.470. The average Bonchev–Trinajstić information content (AvgIpc) is 2.82. The smallest absolute Gasteiger partial charge is 0.407 e. The highest BCUT2D eigenvalue weighted by molar-refractivity contribution is 5.67. The molecule has 1 fully saturated rings. The van der Waals surface area contributed by atoms with E-state index in [9.17, 15) is 4.79 Å². The molecule has 0 bridgehead atoms. The number of amides is 1. The lowest BCUT2D eigenvalue weighted by Gasteiger charge is -2.27. The lowest BCUT2D eigenvalue weighted by Crippen LogP contribution is -2.46. The summed E-state index contributed by atoms with van der Waals surface area (Å²) in [5, 5.41) is 15.5. The molecule has 130 valence electrons. The Balaban J connectivity index is 2.40. The summed E-state index contributed by atoms with van der Waals surface area (Å²) >= 11 is 0. The van der Waals surface area contributed by atoms with Gasteiger partial charge in [-0.15, -0.1) is 0 Å². The molecule has 3 N–H and O–H groups in total. The number of methoxy groups -OCH3 is 1. The largest absolute Gasteiger partial charge is 0.444 e. The van der Waals surface area contributed by atoms with Gasteiger partial charge in [-0.3, -0.25) is 0 Å². The zero-order valence-electron chi connectivity index (χ0n) is 14.4.